The van der Waals surface area contributed by atoms with E-state index in [-0.39, 0.29) is 0 Å². The highest BCUT2D eigenvalue weighted by atomic mass is 16.5. The molecular weight excluding hydrogens is 326 g/mol. The van der Waals surface area contributed by atoms with E-state index in [1.54, 1.807) is 13.3 Å². The largest absolute Gasteiger partial charge is 0.496 e. The summed E-state index contributed by atoms with van der Waals surface area (Å²) >= 11 is 0. The van der Waals surface area contributed by atoms with Crippen molar-refractivity contribution in [2.75, 3.05) is 24.3 Å². The number of methoxy groups -OCH3 is 1. The number of hydrogen-bond acceptors (Lipinski definition) is 6. The Morgan fingerprint density at radius 3 is 2.65 bits per heavy atom. The normalized spacial score (nSPS) is 10.4. The second-order valence-electron chi connectivity index (χ2n) is 5.88. The highest BCUT2D eigenvalue weighted by molar-refractivity contribution is 5.42. The molecule has 0 amide bonds. The van der Waals surface area contributed by atoms with Crippen LogP contribution in [0.1, 0.15) is 17.0 Å². The molecule has 0 radical (unpaired) electrons. The first-order valence-corrected chi connectivity index (χ1v) is 8.60. The summed E-state index contributed by atoms with van der Waals surface area (Å²) in [6, 6.07) is 15.8. The van der Waals surface area contributed by atoms with E-state index < -0.39 is 0 Å². The van der Waals surface area contributed by atoms with Crippen molar-refractivity contribution in [1.82, 2.24) is 15.0 Å². The van der Waals surface area contributed by atoms with Gasteiger partial charge in [0.25, 0.3) is 0 Å². The average Bonchev–Trinajstić information content (AvgIpc) is 2.67. The molecule has 6 heteroatoms. The van der Waals surface area contributed by atoms with Crippen LogP contribution in [-0.2, 0) is 13.0 Å². The maximum atomic E-state index is 5.39. The number of hydrogen-bond donors (Lipinski definition) is 2. The zero-order valence-electron chi connectivity index (χ0n) is 15.1. The van der Waals surface area contributed by atoms with Crippen molar-refractivity contribution in [1.29, 1.82) is 0 Å². The Kier molecular flexibility index (Phi) is 5.98. The molecule has 3 aromatic rings. The maximum absolute atomic E-state index is 5.39. The lowest BCUT2D eigenvalue weighted by atomic mass is 10.1. The number of nitrogens with zero attached hydrogens (tertiary/aromatic N) is 3. The Morgan fingerprint density at radius 1 is 1.00 bits per heavy atom. The molecule has 0 aliphatic carbocycles. The molecule has 26 heavy (non-hydrogen) atoms. The van der Waals surface area contributed by atoms with Crippen molar-refractivity contribution >= 4 is 11.8 Å². The van der Waals surface area contributed by atoms with Gasteiger partial charge in [0.2, 0.25) is 5.95 Å². The summed E-state index contributed by atoms with van der Waals surface area (Å²) in [6.45, 7) is 3.31. The number of rotatable bonds is 8. The number of para-hydroxylation sites is 1. The van der Waals surface area contributed by atoms with E-state index in [1.165, 1.54) is 0 Å². The summed E-state index contributed by atoms with van der Waals surface area (Å²) in [5, 5.41) is 6.59. The van der Waals surface area contributed by atoms with E-state index in [0.29, 0.717) is 12.5 Å². The van der Waals surface area contributed by atoms with Crippen LogP contribution >= 0.6 is 0 Å². The lowest BCUT2D eigenvalue weighted by Gasteiger charge is -2.11. The van der Waals surface area contributed by atoms with E-state index >= 15 is 0 Å². The predicted molar refractivity (Wildman–Crippen MR) is 104 cm³/mol. The fourth-order valence-corrected chi connectivity index (χ4v) is 2.64. The molecule has 2 heterocycles. The Labute approximate surface area is 153 Å². The van der Waals surface area contributed by atoms with E-state index in [2.05, 4.69) is 31.7 Å². The van der Waals surface area contributed by atoms with Gasteiger partial charge in [-0.15, -0.1) is 0 Å². The van der Waals surface area contributed by atoms with Gasteiger partial charge in [-0.1, -0.05) is 24.3 Å². The van der Waals surface area contributed by atoms with Crippen molar-refractivity contribution in [3.8, 4) is 5.75 Å². The lowest BCUT2D eigenvalue weighted by molar-refractivity contribution is 0.410. The SMILES string of the molecule is COc1ccccc1CCNc1nc(C)cc(NCc2ccccn2)n1. The molecule has 1 aromatic carbocycles. The molecule has 0 unspecified atom stereocenters. The van der Waals surface area contributed by atoms with E-state index in [1.807, 2.05) is 49.4 Å². The van der Waals surface area contributed by atoms with Crippen LogP contribution in [0.25, 0.3) is 0 Å². The van der Waals surface area contributed by atoms with Crippen molar-refractivity contribution < 1.29 is 4.74 Å². The Bertz CT molecular complexity index is 839. The van der Waals surface area contributed by atoms with Crippen LogP contribution in [0.15, 0.2) is 54.7 Å². The van der Waals surface area contributed by atoms with Gasteiger partial charge in [-0.2, -0.15) is 4.98 Å². The molecule has 2 aromatic heterocycles. The van der Waals surface area contributed by atoms with Gasteiger partial charge in [0.15, 0.2) is 0 Å². The molecule has 0 bridgehead atoms. The fraction of sp³-hybridized carbons (Fsp3) is 0.250. The van der Waals surface area contributed by atoms with Gasteiger partial charge >= 0.3 is 0 Å². The molecule has 2 N–H and O–H groups in total. The number of aromatic nitrogens is 3. The molecular formula is C20H23N5O. The van der Waals surface area contributed by atoms with Crippen LogP contribution in [0.3, 0.4) is 0 Å². The second kappa shape index (κ2) is 8.80. The van der Waals surface area contributed by atoms with Crippen molar-refractivity contribution in [2.24, 2.45) is 0 Å². The Hall–Kier alpha value is -3.15. The molecule has 3 rings (SSSR count). The average molecular weight is 349 g/mol. The fourth-order valence-electron chi connectivity index (χ4n) is 2.64. The molecule has 0 aliphatic heterocycles. The van der Waals surface area contributed by atoms with E-state index in [9.17, 15) is 0 Å². The molecule has 0 saturated carbocycles. The van der Waals surface area contributed by atoms with Crippen LogP contribution < -0.4 is 15.4 Å². The molecule has 134 valence electrons. The summed E-state index contributed by atoms with van der Waals surface area (Å²) in [7, 11) is 1.69. The standard InChI is InChI=1S/C20H23N5O/c1-15-13-19(23-14-17-8-5-6-11-21-17)25-20(24-15)22-12-10-16-7-3-4-9-18(16)26-2/h3-9,11,13H,10,12,14H2,1-2H3,(H2,22,23,24,25). The first-order valence-electron chi connectivity index (χ1n) is 8.60. The number of ether oxygens (including phenoxy) is 1. The van der Waals surface area contributed by atoms with Gasteiger partial charge < -0.3 is 15.4 Å². The summed E-state index contributed by atoms with van der Waals surface area (Å²) in [4.78, 5) is 13.3. The van der Waals surface area contributed by atoms with Crippen LogP contribution in [0.4, 0.5) is 11.8 Å². The van der Waals surface area contributed by atoms with Gasteiger partial charge in [-0.25, -0.2) is 4.98 Å². The Morgan fingerprint density at radius 2 is 1.85 bits per heavy atom. The number of aryl methyl sites for hydroxylation is 1. The molecule has 0 aliphatic rings. The minimum Gasteiger partial charge on any atom is -0.496 e. The third-order valence-electron chi connectivity index (χ3n) is 3.90. The van der Waals surface area contributed by atoms with Gasteiger partial charge in [0.1, 0.15) is 11.6 Å². The first kappa shape index (κ1) is 17.7. The molecule has 0 atom stereocenters. The quantitative estimate of drug-likeness (QED) is 0.649. The zero-order chi connectivity index (χ0) is 18.2. The highest BCUT2D eigenvalue weighted by Crippen LogP contribution is 2.18. The number of pyridine rings is 1. The summed E-state index contributed by atoms with van der Waals surface area (Å²) < 4.78 is 5.39. The van der Waals surface area contributed by atoms with Gasteiger partial charge in [-0.3, -0.25) is 4.98 Å². The number of anilines is 2. The van der Waals surface area contributed by atoms with E-state index in [0.717, 1.165) is 41.5 Å². The summed E-state index contributed by atoms with van der Waals surface area (Å²) in [5.41, 5.74) is 3.03. The first-order chi connectivity index (χ1) is 12.7. The summed E-state index contributed by atoms with van der Waals surface area (Å²) in [5.74, 6) is 2.29. The molecule has 0 saturated heterocycles. The smallest absolute Gasteiger partial charge is 0.224 e. The monoisotopic (exact) mass is 349 g/mol. The summed E-state index contributed by atoms with van der Waals surface area (Å²) in [6.07, 6.45) is 2.62. The van der Waals surface area contributed by atoms with Crippen LogP contribution in [-0.4, -0.2) is 28.6 Å². The van der Waals surface area contributed by atoms with Crippen LogP contribution in [0.5, 0.6) is 5.75 Å². The minimum atomic E-state index is 0.614. The van der Waals surface area contributed by atoms with Crippen molar-refractivity contribution in [3.05, 3.63) is 71.7 Å². The molecule has 0 fully saturated rings. The molecule has 0 spiro atoms. The number of benzene rings is 1. The van der Waals surface area contributed by atoms with Crippen molar-refractivity contribution in [2.45, 2.75) is 19.9 Å². The van der Waals surface area contributed by atoms with Crippen LogP contribution in [0.2, 0.25) is 0 Å². The Balaban J connectivity index is 1.59. The molecule has 6 nitrogen and oxygen atoms in total. The van der Waals surface area contributed by atoms with Crippen molar-refractivity contribution in [3.63, 3.8) is 0 Å². The predicted octanol–water partition coefficient (Wildman–Crippen LogP) is 3.46. The second-order valence-corrected chi connectivity index (χ2v) is 5.88. The van der Waals surface area contributed by atoms with Gasteiger partial charge in [0.05, 0.1) is 19.3 Å². The van der Waals surface area contributed by atoms with E-state index in [4.69, 9.17) is 4.74 Å². The third kappa shape index (κ3) is 4.92. The maximum Gasteiger partial charge on any atom is 0.224 e. The highest BCUT2D eigenvalue weighted by Gasteiger charge is 2.05. The van der Waals surface area contributed by atoms with Gasteiger partial charge in [0, 0.05) is 24.5 Å². The topological polar surface area (TPSA) is 72.0 Å². The lowest BCUT2D eigenvalue weighted by Crippen LogP contribution is -2.11. The number of nitrogens with one attached hydrogen (secondary N) is 2. The van der Waals surface area contributed by atoms with Gasteiger partial charge in [-0.05, 0) is 37.1 Å². The minimum absolute atomic E-state index is 0.614. The third-order valence-corrected chi connectivity index (χ3v) is 3.90. The zero-order valence-corrected chi connectivity index (χ0v) is 15.1. The van der Waals surface area contributed by atoms with Crippen LogP contribution in [0, 0.1) is 6.92 Å².